The summed E-state index contributed by atoms with van der Waals surface area (Å²) in [5.41, 5.74) is -0.685. The van der Waals surface area contributed by atoms with Gasteiger partial charge in [-0.15, -0.1) is 0 Å². The largest absolute Gasteiger partial charge is 0.504 e. The average molecular weight is 294 g/mol. The van der Waals surface area contributed by atoms with E-state index in [-0.39, 0.29) is 17.1 Å². The van der Waals surface area contributed by atoms with Crippen molar-refractivity contribution in [3.63, 3.8) is 0 Å². The van der Waals surface area contributed by atoms with E-state index < -0.39 is 28.7 Å². The maximum atomic E-state index is 13.7. The number of methoxy groups -OCH3 is 2. The van der Waals surface area contributed by atoms with Crippen LogP contribution >= 0.6 is 0 Å². The Morgan fingerprint density at radius 1 is 1.05 bits per heavy atom. The summed E-state index contributed by atoms with van der Waals surface area (Å²) in [4.78, 5) is 12.2. The molecular formula is C15H12F2O4. The highest BCUT2D eigenvalue weighted by molar-refractivity contribution is 6.11. The number of halogens is 2. The summed E-state index contributed by atoms with van der Waals surface area (Å²) in [5.74, 6) is -3.60. The molecule has 0 bridgehead atoms. The molecule has 0 aliphatic carbocycles. The molecule has 21 heavy (non-hydrogen) atoms. The Morgan fingerprint density at radius 2 is 1.76 bits per heavy atom. The van der Waals surface area contributed by atoms with Crippen LogP contribution in [0.1, 0.15) is 15.9 Å². The van der Waals surface area contributed by atoms with E-state index in [0.29, 0.717) is 0 Å². The van der Waals surface area contributed by atoms with Gasteiger partial charge in [0.05, 0.1) is 25.3 Å². The number of aromatic hydroxyl groups is 1. The first-order chi connectivity index (χ1) is 10.0. The topological polar surface area (TPSA) is 55.8 Å². The van der Waals surface area contributed by atoms with Crippen molar-refractivity contribution < 1.29 is 28.2 Å². The Hall–Kier alpha value is -2.63. The van der Waals surface area contributed by atoms with Gasteiger partial charge >= 0.3 is 0 Å². The highest BCUT2D eigenvalue weighted by atomic mass is 19.2. The number of carbonyl (C=O) groups is 1. The molecule has 0 saturated carbocycles. The minimum Gasteiger partial charge on any atom is -0.504 e. The summed E-state index contributed by atoms with van der Waals surface area (Å²) < 4.78 is 36.8. The first kappa shape index (κ1) is 14.8. The predicted octanol–water partition coefficient (Wildman–Crippen LogP) is 2.92. The molecule has 0 atom stereocenters. The molecule has 0 amide bonds. The van der Waals surface area contributed by atoms with Crippen molar-refractivity contribution in [2.75, 3.05) is 14.2 Å². The normalized spacial score (nSPS) is 10.3. The summed E-state index contributed by atoms with van der Waals surface area (Å²) in [6, 6.07) is 5.90. The van der Waals surface area contributed by atoms with Gasteiger partial charge in [-0.05, 0) is 24.3 Å². The van der Waals surface area contributed by atoms with Crippen LogP contribution in [0.5, 0.6) is 17.2 Å². The van der Waals surface area contributed by atoms with Crippen molar-refractivity contribution in [3.8, 4) is 17.2 Å². The van der Waals surface area contributed by atoms with E-state index in [1.165, 1.54) is 32.4 Å². The fraction of sp³-hybridized carbons (Fsp3) is 0.133. The van der Waals surface area contributed by atoms with Crippen LogP contribution in [0.4, 0.5) is 8.78 Å². The van der Waals surface area contributed by atoms with Gasteiger partial charge in [0.15, 0.2) is 28.9 Å². The van der Waals surface area contributed by atoms with E-state index >= 15 is 0 Å². The molecule has 0 heterocycles. The quantitative estimate of drug-likeness (QED) is 0.881. The van der Waals surface area contributed by atoms with Crippen molar-refractivity contribution >= 4 is 5.78 Å². The van der Waals surface area contributed by atoms with E-state index in [1.54, 1.807) is 0 Å². The Balaban J connectivity index is 2.57. The smallest absolute Gasteiger partial charge is 0.203 e. The molecule has 2 aromatic rings. The van der Waals surface area contributed by atoms with Gasteiger partial charge in [-0.25, -0.2) is 8.78 Å². The molecular weight excluding hydrogens is 282 g/mol. The van der Waals surface area contributed by atoms with Gasteiger partial charge < -0.3 is 14.6 Å². The number of phenols is 1. The van der Waals surface area contributed by atoms with Gasteiger partial charge in [0, 0.05) is 0 Å². The van der Waals surface area contributed by atoms with Crippen LogP contribution in [-0.4, -0.2) is 25.1 Å². The molecule has 110 valence electrons. The molecule has 1 N–H and O–H groups in total. The Kier molecular flexibility index (Phi) is 4.07. The van der Waals surface area contributed by atoms with Gasteiger partial charge in [0.1, 0.15) is 0 Å². The second-order valence-corrected chi connectivity index (χ2v) is 4.13. The number of ketones is 1. The lowest BCUT2D eigenvalue weighted by Gasteiger charge is -2.12. The van der Waals surface area contributed by atoms with Gasteiger partial charge in [-0.1, -0.05) is 6.07 Å². The molecule has 0 spiro atoms. The third kappa shape index (κ3) is 2.52. The Bertz CT molecular complexity index is 698. The Morgan fingerprint density at radius 3 is 2.38 bits per heavy atom. The lowest BCUT2D eigenvalue weighted by atomic mass is 10.0. The van der Waals surface area contributed by atoms with Crippen molar-refractivity contribution in [3.05, 3.63) is 53.1 Å². The lowest BCUT2D eigenvalue weighted by molar-refractivity contribution is 0.103. The highest BCUT2D eigenvalue weighted by Crippen LogP contribution is 2.39. The average Bonchev–Trinajstić information content (AvgIpc) is 2.49. The fourth-order valence-electron chi connectivity index (χ4n) is 1.92. The second-order valence-electron chi connectivity index (χ2n) is 4.13. The molecule has 0 aliphatic heterocycles. The van der Waals surface area contributed by atoms with Crippen LogP contribution in [0.15, 0.2) is 30.3 Å². The first-order valence-electron chi connectivity index (χ1n) is 5.94. The monoisotopic (exact) mass is 294 g/mol. The number of carbonyl (C=O) groups excluding carboxylic acids is 1. The highest BCUT2D eigenvalue weighted by Gasteiger charge is 2.23. The zero-order valence-electron chi connectivity index (χ0n) is 11.3. The van der Waals surface area contributed by atoms with Gasteiger partial charge in [0.2, 0.25) is 5.75 Å². The molecule has 6 heteroatoms. The van der Waals surface area contributed by atoms with Crippen molar-refractivity contribution in [2.24, 2.45) is 0 Å². The van der Waals surface area contributed by atoms with Crippen molar-refractivity contribution in [1.29, 1.82) is 0 Å². The summed E-state index contributed by atoms with van der Waals surface area (Å²) in [6.07, 6.45) is 0. The van der Waals surface area contributed by atoms with Crippen LogP contribution in [-0.2, 0) is 0 Å². The third-order valence-electron chi connectivity index (χ3n) is 2.96. The predicted molar refractivity (Wildman–Crippen MR) is 71.0 cm³/mol. The first-order valence-corrected chi connectivity index (χ1v) is 5.94. The van der Waals surface area contributed by atoms with Gasteiger partial charge in [-0.3, -0.25) is 4.79 Å². The zero-order chi connectivity index (χ0) is 15.6. The fourth-order valence-corrected chi connectivity index (χ4v) is 1.92. The molecule has 4 nitrogen and oxygen atoms in total. The van der Waals surface area contributed by atoms with E-state index in [2.05, 4.69) is 0 Å². The van der Waals surface area contributed by atoms with Crippen LogP contribution in [0.25, 0.3) is 0 Å². The summed E-state index contributed by atoms with van der Waals surface area (Å²) in [7, 11) is 2.65. The molecule has 0 aliphatic rings. The van der Waals surface area contributed by atoms with Crippen LogP contribution in [0.3, 0.4) is 0 Å². The third-order valence-corrected chi connectivity index (χ3v) is 2.96. The number of benzene rings is 2. The number of hydrogen-bond donors (Lipinski definition) is 1. The van der Waals surface area contributed by atoms with Crippen molar-refractivity contribution in [1.82, 2.24) is 0 Å². The van der Waals surface area contributed by atoms with E-state index in [0.717, 1.165) is 12.1 Å². The van der Waals surface area contributed by atoms with Crippen LogP contribution < -0.4 is 9.47 Å². The lowest BCUT2D eigenvalue weighted by Crippen LogP contribution is -2.07. The molecule has 0 unspecified atom stereocenters. The minimum absolute atomic E-state index is 0.0554. The number of phenolic OH excluding ortho intramolecular Hbond substituents is 1. The van der Waals surface area contributed by atoms with Crippen molar-refractivity contribution in [2.45, 2.75) is 0 Å². The van der Waals surface area contributed by atoms with Gasteiger partial charge in [0.25, 0.3) is 0 Å². The second kappa shape index (κ2) is 5.78. The molecule has 0 aromatic heterocycles. The molecule has 0 radical (unpaired) electrons. The SMILES string of the molecule is COc1ccc(C(=O)c2cccc(F)c2F)c(O)c1OC. The molecule has 0 saturated heterocycles. The summed E-state index contributed by atoms with van der Waals surface area (Å²) in [6.45, 7) is 0. The minimum atomic E-state index is -1.27. The number of ether oxygens (including phenoxy) is 2. The van der Waals surface area contributed by atoms with E-state index in [1.807, 2.05) is 0 Å². The Labute approximate surface area is 119 Å². The zero-order valence-corrected chi connectivity index (χ0v) is 11.3. The number of rotatable bonds is 4. The summed E-state index contributed by atoms with van der Waals surface area (Å²) in [5, 5.41) is 10.1. The molecule has 2 aromatic carbocycles. The molecule has 0 fully saturated rings. The van der Waals surface area contributed by atoms with Gasteiger partial charge in [-0.2, -0.15) is 0 Å². The maximum absolute atomic E-state index is 13.7. The number of hydrogen-bond acceptors (Lipinski definition) is 4. The van der Waals surface area contributed by atoms with Crippen LogP contribution in [0.2, 0.25) is 0 Å². The summed E-state index contributed by atoms with van der Waals surface area (Å²) >= 11 is 0. The van der Waals surface area contributed by atoms with E-state index in [4.69, 9.17) is 9.47 Å². The maximum Gasteiger partial charge on any atom is 0.203 e. The van der Waals surface area contributed by atoms with Crippen LogP contribution in [0, 0.1) is 11.6 Å². The molecule has 2 rings (SSSR count). The standard InChI is InChI=1S/C15H12F2O4/c1-20-11-7-6-9(14(19)15(11)21-2)13(18)8-4-3-5-10(16)12(8)17/h3-7,19H,1-2H3. The van der Waals surface area contributed by atoms with E-state index in [9.17, 15) is 18.7 Å².